The highest BCUT2D eigenvalue weighted by Crippen LogP contribution is 2.25. The lowest BCUT2D eigenvalue weighted by Gasteiger charge is -2.19. The Labute approximate surface area is 135 Å². The fourth-order valence-electron chi connectivity index (χ4n) is 1.64. The Bertz CT molecular complexity index is 605. The van der Waals surface area contributed by atoms with Gasteiger partial charge in [-0.05, 0) is 24.6 Å². The Balaban J connectivity index is 2.76. The van der Waals surface area contributed by atoms with Crippen molar-refractivity contribution in [2.24, 2.45) is 0 Å². The Morgan fingerprint density at radius 1 is 1.33 bits per heavy atom. The summed E-state index contributed by atoms with van der Waals surface area (Å²) in [6.07, 6.45) is 2.62. The maximum absolute atomic E-state index is 12.0. The lowest BCUT2D eigenvalue weighted by atomic mass is 10.3. The van der Waals surface area contributed by atoms with Crippen LogP contribution in [-0.2, 0) is 14.8 Å². The van der Waals surface area contributed by atoms with Crippen molar-refractivity contribution in [3.8, 4) is 0 Å². The number of sulfonamides is 1. The van der Waals surface area contributed by atoms with Crippen LogP contribution in [0.15, 0.2) is 18.2 Å². The van der Waals surface area contributed by atoms with Gasteiger partial charge in [0.25, 0.3) is 0 Å². The summed E-state index contributed by atoms with van der Waals surface area (Å²) >= 11 is 11.8. The number of nitrogens with zero attached hydrogens (tertiary/aromatic N) is 1. The smallest absolute Gasteiger partial charge is 0.239 e. The zero-order valence-electron chi connectivity index (χ0n) is 11.9. The molecule has 0 aliphatic rings. The summed E-state index contributed by atoms with van der Waals surface area (Å²) in [5, 5.41) is 3.34. The van der Waals surface area contributed by atoms with Crippen molar-refractivity contribution in [3.05, 3.63) is 28.2 Å². The van der Waals surface area contributed by atoms with Crippen LogP contribution in [0.25, 0.3) is 0 Å². The summed E-state index contributed by atoms with van der Waals surface area (Å²) in [6, 6.07) is 4.67. The van der Waals surface area contributed by atoms with E-state index >= 15 is 0 Å². The average molecular weight is 353 g/mol. The van der Waals surface area contributed by atoms with Crippen molar-refractivity contribution >= 4 is 44.8 Å². The Kier molecular flexibility index (Phi) is 6.93. The maximum Gasteiger partial charge on any atom is 0.239 e. The van der Waals surface area contributed by atoms with E-state index in [9.17, 15) is 13.2 Å². The number of benzene rings is 1. The molecular weight excluding hydrogens is 335 g/mol. The van der Waals surface area contributed by atoms with Crippen LogP contribution in [0.1, 0.15) is 19.8 Å². The molecule has 0 aliphatic carbocycles. The van der Waals surface area contributed by atoms with Crippen molar-refractivity contribution in [2.45, 2.75) is 19.8 Å². The number of rotatable bonds is 7. The second-order valence-corrected chi connectivity index (χ2v) is 7.45. The first-order chi connectivity index (χ1) is 9.74. The van der Waals surface area contributed by atoms with E-state index in [1.165, 1.54) is 6.07 Å². The summed E-state index contributed by atoms with van der Waals surface area (Å²) in [5.41, 5.74) is 0.359. The summed E-state index contributed by atoms with van der Waals surface area (Å²) in [5.74, 6) is -0.458. The van der Waals surface area contributed by atoms with Crippen molar-refractivity contribution in [1.29, 1.82) is 0 Å². The monoisotopic (exact) mass is 352 g/mol. The third-order valence-corrected chi connectivity index (χ3v) is 4.57. The van der Waals surface area contributed by atoms with Gasteiger partial charge in [-0.2, -0.15) is 4.31 Å². The molecule has 0 saturated carbocycles. The zero-order valence-corrected chi connectivity index (χ0v) is 14.2. The van der Waals surface area contributed by atoms with Crippen LogP contribution < -0.4 is 5.32 Å². The Morgan fingerprint density at radius 3 is 2.57 bits per heavy atom. The summed E-state index contributed by atoms with van der Waals surface area (Å²) in [7, 11) is -3.43. The molecule has 0 fully saturated rings. The molecule has 118 valence electrons. The number of anilines is 1. The molecule has 0 unspecified atom stereocenters. The van der Waals surface area contributed by atoms with E-state index in [0.717, 1.165) is 17.0 Å². The maximum atomic E-state index is 12.0. The largest absolute Gasteiger partial charge is 0.324 e. The van der Waals surface area contributed by atoms with E-state index in [4.69, 9.17) is 23.2 Å². The average Bonchev–Trinajstić information content (AvgIpc) is 2.37. The molecule has 0 spiro atoms. The van der Waals surface area contributed by atoms with Crippen LogP contribution in [0, 0.1) is 0 Å². The summed E-state index contributed by atoms with van der Waals surface area (Å²) in [6.45, 7) is 2.01. The van der Waals surface area contributed by atoms with Gasteiger partial charge in [0.05, 0.1) is 23.5 Å². The van der Waals surface area contributed by atoms with Crippen LogP contribution in [0.5, 0.6) is 0 Å². The van der Waals surface area contributed by atoms with Gasteiger partial charge in [-0.3, -0.25) is 4.79 Å². The van der Waals surface area contributed by atoms with Gasteiger partial charge >= 0.3 is 0 Å². The number of nitrogens with one attached hydrogen (secondary N) is 1. The molecular formula is C13H18Cl2N2O3S. The van der Waals surface area contributed by atoms with Crippen LogP contribution in [0.2, 0.25) is 10.0 Å². The summed E-state index contributed by atoms with van der Waals surface area (Å²) in [4.78, 5) is 12.0. The normalized spacial score (nSPS) is 11.7. The number of halogens is 2. The molecule has 21 heavy (non-hydrogen) atoms. The Morgan fingerprint density at radius 2 is 2.00 bits per heavy atom. The molecule has 5 nitrogen and oxygen atoms in total. The van der Waals surface area contributed by atoms with Crippen LogP contribution in [0.3, 0.4) is 0 Å². The number of hydrogen-bond donors (Lipinski definition) is 1. The van der Waals surface area contributed by atoms with Crippen LogP contribution >= 0.6 is 23.2 Å². The van der Waals surface area contributed by atoms with E-state index in [1.54, 1.807) is 12.1 Å². The second-order valence-electron chi connectivity index (χ2n) is 4.62. The molecule has 0 radical (unpaired) electrons. The SMILES string of the molecule is CCCCN(CC(=O)Nc1cc(Cl)ccc1Cl)S(C)(=O)=O. The standard InChI is InChI=1S/C13H18Cl2N2O3S/c1-3-4-7-17(21(2,19)20)9-13(18)16-12-8-10(14)5-6-11(12)15/h5-6,8H,3-4,7,9H2,1-2H3,(H,16,18). The first kappa shape index (κ1) is 18.2. The van der Waals surface area contributed by atoms with Gasteiger partial charge < -0.3 is 5.32 Å². The van der Waals surface area contributed by atoms with Gasteiger partial charge in [0.1, 0.15) is 0 Å². The quantitative estimate of drug-likeness (QED) is 0.820. The predicted molar refractivity (Wildman–Crippen MR) is 86.4 cm³/mol. The highest BCUT2D eigenvalue weighted by Gasteiger charge is 2.20. The molecule has 0 aliphatic heterocycles. The van der Waals surface area contributed by atoms with Gasteiger partial charge in [0, 0.05) is 11.6 Å². The van der Waals surface area contributed by atoms with Gasteiger partial charge in [0.2, 0.25) is 15.9 Å². The van der Waals surface area contributed by atoms with E-state index in [-0.39, 0.29) is 6.54 Å². The fourth-order valence-corrected chi connectivity index (χ4v) is 2.79. The molecule has 1 N–H and O–H groups in total. The van der Waals surface area contributed by atoms with E-state index < -0.39 is 15.9 Å². The van der Waals surface area contributed by atoms with Gasteiger partial charge in [-0.1, -0.05) is 36.5 Å². The molecule has 0 heterocycles. The van der Waals surface area contributed by atoms with Gasteiger partial charge in [-0.15, -0.1) is 0 Å². The molecule has 0 atom stereocenters. The minimum absolute atomic E-state index is 0.248. The first-order valence-corrected chi connectivity index (χ1v) is 9.04. The molecule has 1 rings (SSSR count). The topological polar surface area (TPSA) is 66.5 Å². The minimum atomic E-state index is -3.43. The molecule has 1 aromatic rings. The molecule has 1 aromatic carbocycles. The van der Waals surface area contributed by atoms with Crippen molar-refractivity contribution in [1.82, 2.24) is 4.31 Å². The number of carbonyl (C=O) groups is 1. The molecule has 1 amide bonds. The van der Waals surface area contributed by atoms with E-state index in [0.29, 0.717) is 28.7 Å². The Hall–Kier alpha value is -0.820. The molecule has 0 saturated heterocycles. The number of hydrogen-bond acceptors (Lipinski definition) is 3. The zero-order chi connectivity index (χ0) is 16.0. The minimum Gasteiger partial charge on any atom is -0.324 e. The third kappa shape index (κ3) is 6.22. The number of unbranched alkanes of at least 4 members (excludes halogenated alkanes) is 1. The van der Waals surface area contributed by atoms with Crippen molar-refractivity contribution in [2.75, 3.05) is 24.7 Å². The van der Waals surface area contributed by atoms with Gasteiger partial charge in [-0.25, -0.2) is 8.42 Å². The fraction of sp³-hybridized carbons (Fsp3) is 0.462. The predicted octanol–water partition coefficient (Wildman–Crippen LogP) is 2.99. The molecule has 8 heteroatoms. The molecule has 0 bridgehead atoms. The number of carbonyl (C=O) groups excluding carboxylic acids is 1. The van der Waals surface area contributed by atoms with Gasteiger partial charge in [0.15, 0.2) is 0 Å². The van der Waals surface area contributed by atoms with E-state index in [2.05, 4.69) is 5.32 Å². The van der Waals surface area contributed by atoms with E-state index in [1.807, 2.05) is 6.92 Å². The highest BCUT2D eigenvalue weighted by atomic mass is 35.5. The summed E-state index contributed by atoms with van der Waals surface area (Å²) < 4.78 is 24.4. The lowest BCUT2D eigenvalue weighted by molar-refractivity contribution is -0.116. The van der Waals surface area contributed by atoms with Crippen LogP contribution in [0.4, 0.5) is 5.69 Å². The van der Waals surface area contributed by atoms with Crippen molar-refractivity contribution in [3.63, 3.8) is 0 Å². The first-order valence-electron chi connectivity index (χ1n) is 6.44. The number of amides is 1. The second kappa shape index (κ2) is 7.98. The van der Waals surface area contributed by atoms with Crippen LogP contribution in [-0.4, -0.2) is 38.0 Å². The highest BCUT2D eigenvalue weighted by molar-refractivity contribution is 7.88. The lowest BCUT2D eigenvalue weighted by Crippen LogP contribution is -2.38. The third-order valence-electron chi connectivity index (χ3n) is 2.75. The molecule has 0 aromatic heterocycles. The van der Waals surface area contributed by atoms with Crippen molar-refractivity contribution < 1.29 is 13.2 Å².